The normalized spacial score (nSPS) is 11.0. The van der Waals surface area contributed by atoms with E-state index in [0.717, 1.165) is 0 Å². The number of carbonyl (C=O) groups is 2. The highest BCUT2D eigenvalue weighted by Gasteiger charge is 2.21. The van der Waals surface area contributed by atoms with Crippen LogP contribution in [-0.2, 0) is 15.0 Å². The molecule has 0 spiro atoms. The van der Waals surface area contributed by atoms with Crippen LogP contribution in [0.3, 0.4) is 0 Å². The van der Waals surface area contributed by atoms with Gasteiger partial charge in [-0.05, 0) is 18.2 Å². The lowest BCUT2D eigenvalue weighted by Gasteiger charge is -2.11. The first-order chi connectivity index (χ1) is 10.3. The Morgan fingerprint density at radius 2 is 1.96 bits per heavy atom. The van der Waals surface area contributed by atoms with Crippen molar-refractivity contribution in [3.05, 3.63) is 24.1 Å². The third-order valence-electron chi connectivity index (χ3n) is 2.94. The van der Waals surface area contributed by atoms with Crippen LogP contribution in [0.1, 0.15) is 26.7 Å². The largest absolute Gasteiger partial charge is 0.440 e. The van der Waals surface area contributed by atoms with E-state index in [4.69, 9.17) is 10.2 Å². The first-order valence-electron chi connectivity index (χ1n) is 6.97. The summed E-state index contributed by atoms with van der Waals surface area (Å²) in [6.07, 6.45) is 0. The number of fused-ring (bicyclic) bond motifs is 1. The molecular weight excluding hydrogens is 320 g/mol. The maximum Gasteiger partial charge on any atom is 0.243 e. The van der Waals surface area contributed by atoms with Gasteiger partial charge in [-0.25, -0.2) is 4.98 Å². The van der Waals surface area contributed by atoms with Crippen LogP contribution in [0.25, 0.3) is 11.1 Å². The Morgan fingerprint density at radius 1 is 1.26 bits per heavy atom. The molecular formula is C15H21ClN4O3. The molecule has 2 aromatic rings. The minimum Gasteiger partial charge on any atom is -0.440 e. The summed E-state index contributed by atoms with van der Waals surface area (Å²) in [6, 6.07) is 5.21. The van der Waals surface area contributed by atoms with Crippen LogP contribution < -0.4 is 16.4 Å². The fraction of sp³-hybridized carbons (Fsp3) is 0.400. The molecule has 8 heteroatoms. The number of nitrogens with two attached hydrogens (primary N) is 1. The number of hydrogen-bond donors (Lipinski definition) is 3. The Morgan fingerprint density at radius 3 is 2.57 bits per heavy atom. The first-order valence-corrected chi connectivity index (χ1v) is 6.97. The molecule has 0 fully saturated rings. The molecule has 1 aromatic heterocycles. The summed E-state index contributed by atoms with van der Waals surface area (Å²) >= 11 is 0. The van der Waals surface area contributed by atoms with Crippen molar-refractivity contribution in [2.24, 2.45) is 5.73 Å². The Labute approximate surface area is 140 Å². The van der Waals surface area contributed by atoms with E-state index in [-0.39, 0.29) is 42.7 Å². The van der Waals surface area contributed by atoms with Gasteiger partial charge in [-0.3, -0.25) is 9.59 Å². The van der Waals surface area contributed by atoms with Crippen LogP contribution in [0.5, 0.6) is 0 Å². The fourth-order valence-electron chi connectivity index (χ4n) is 1.78. The predicted molar refractivity (Wildman–Crippen MR) is 90.7 cm³/mol. The highest BCUT2D eigenvalue weighted by molar-refractivity contribution is 5.96. The number of hydrogen-bond acceptors (Lipinski definition) is 5. The third-order valence-corrected chi connectivity index (χ3v) is 2.94. The zero-order chi connectivity index (χ0) is 16.3. The van der Waals surface area contributed by atoms with E-state index in [0.29, 0.717) is 22.7 Å². The molecule has 0 saturated heterocycles. The van der Waals surface area contributed by atoms with Gasteiger partial charge in [0, 0.05) is 11.1 Å². The molecule has 0 aliphatic rings. The van der Waals surface area contributed by atoms with E-state index in [1.807, 2.05) is 20.8 Å². The number of benzene rings is 1. The van der Waals surface area contributed by atoms with Crippen molar-refractivity contribution in [2.75, 3.05) is 18.4 Å². The van der Waals surface area contributed by atoms with Crippen molar-refractivity contribution in [1.82, 2.24) is 10.3 Å². The first kappa shape index (κ1) is 18.9. The van der Waals surface area contributed by atoms with Gasteiger partial charge in [-0.15, -0.1) is 12.4 Å². The number of amides is 2. The van der Waals surface area contributed by atoms with E-state index >= 15 is 0 Å². The minimum atomic E-state index is -0.378. The lowest BCUT2D eigenvalue weighted by Crippen LogP contribution is -2.36. The molecule has 2 rings (SSSR count). The molecule has 0 radical (unpaired) electrons. The summed E-state index contributed by atoms with van der Waals surface area (Å²) < 4.78 is 5.69. The van der Waals surface area contributed by atoms with Crippen LogP contribution >= 0.6 is 12.4 Å². The molecule has 0 bridgehead atoms. The van der Waals surface area contributed by atoms with Gasteiger partial charge in [0.1, 0.15) is 5.52 Å². The Hall–Kier alpha value is -2.12. The zero-order valence-electron chi connectivity index (χ0n) is 13.3. The van der Waals surface area contributed by atoms with Crippen molar-refractivity contribution in [3.63, 3.8) is 0 Å². The summed E-state index contributed by atoms with van der Waals surface area (Å²) in [6.45, 7) is 5.77. The van der Waals surface area contributed by atoms with Crippen molar-refractivity contribution in [1.29, 1.82) is 0 Å². The zero-order valence-corrected chi connectivity index (χ0v) is 14.1. The van der Waals surface area contributed by atoms with Gasteiger partial charge < -0.3 is 20.8 Å². The Balaban J connectivity index is 0.00000264. The van der Waals surface area contributed by atoms with Crippen molar-refractivity contribution >= 4 is 41.0 Å². The number of halogens is 1. The number of nitrogens with one attached hydrogen (secondary N) is 2. The quantitative estimate of drug-likeness (QED) is 0.782. The van der Waals surface area contributed by atoms with Crippen molar-refractivity contribution in [3.8, 4) is 0 Å². The summed E-state index contributed by atoms with van der Waals surface area (Å²) in [5, 5.41) is 5.09. The molecule has 0 saturated carbocycles. The van der Waals surface area contributed by atoms with Crippen LogP contribution in [0.2, 0.25) is 0 Å². The Kier molecular flexibility index (Phi) is 6.12. The fourth-order valence-corrected chi connectivity index (χ4v) is 1.78. The summed E-state index contributed by atoms with van der Waals surface area (Å²) in [5.41, 5.74) is 6.89. The highest BCUT2D eigenvalue weighted by Crippen LogP contribution is 2.27. The maximum atomic E-state index is 11.7. The molecule has 2 amide bonds. The maximum absolute atomic E-state index is 11.7. The summed E-state index contributed by atoms with van der Waals surface area (Å²) in [4.78, 5) is 27.2. The summed E-state index contributed by atoms with van der Waals surface area (Å²) in [5.74, 6) is -0.0706. The van der Waals surface area contributed by atoms with Crippen molar-refractivity contribution < 1.29 is 14.0 Å². The Bertz CT molecular complexity index is 706. The smallest absolute Gasteiger partial charge is 0.243 e. The lowest BCUT2D eigenvalue weighted by atomic mass is 9.97. The predicted octanol–water partition coefficient (Wildman–Crippen LogP) is 1.56. The standard InChI is InChI=1S/C15H20N4O3.ClH/c1-15(2,3)14-19-10-6-9(4-5-11(10)22-14)18-13(21)8-17-12(20)7-16;/h4-6H,7-8,16H2,1-3H3,(H,17,20)(H,18,21);1H. The van der Waals surface area contributed by atoms with Crippen molar-refractivity contribution in [2.45, 2.75) is 26.2 Å². The van der Waals surface area contributed by atoms with Crippen LogP contribution in [-0.4, -0.2) is 29.9 Å². The summed E-state index contributed by atoms with van der Waals surface area (Å²) in [7, 11) is 0. The van der Waals surface area contributed by atoms with Crippen LogP contribution in [0.15, 0.2) is 22.6 Å². The minimum absolute atomic E-state index is 0. The molecule has 0 unspecified atom stereocenters. The van der Waals surface area contributed by atoms with E-state index in [1.165, 1.54) is 0 Å². The molecule has 0 atom stereocenters. The second-order valence-corrected chi connectivity index (χ2v) is 5.98. The number of carbonyl (C=O) groups excluding carboxylic acids is 2. The van der Waals surface area contributed by atoms with Crippen LogP contribution in [0.4, 0.5) is 5.69 Å². The molecule has 0 aliphatic carbocycles. The molecule has 1 heterocycles. The molecule has 4 N–H and O–H groups in total. The SMILES string of the molecule is CC(C)(C)c1nc2cc(NC(=O)CNC(=O)CN)ccc2o1.Cl. The van der Waals surface area contributed by atoms with Gasteiger partial charge in [0.2, 0.25) is 17.7 Å². The van der Waals surface area contributed by atoms with Crippen LogP contribution in [0, 0.1) is 0 Å². The number of rotatable bonds is 4. The van der Waals surface area contributed by atoms with Gasteiger partial charge in [0.25, 0.3) is 0 Å². The number of oxazole rings is 1. The molecule has 23 heavy (non-hydrogen) atoms. The lowest BCUT2D eigenvalue weighted by molar-refractivity contribution is -0.123. The molecule has 1 aromatic carbocycles. The van der Waals surface area contributed by atoms with E-state index < -0.39 is 0 Å². The second-order valence-electron chi connectivity index (χ2n) is 5.98. The molecule has 7 nitrogen and oxygen atoms in total. The number of aromatic nitrogens is 1. The number of nitrogens with zero attached hydrogens (tertiary/aromatic N) is 1. The molecule has 126 valence electrons. The number of anilines is 1. The topological polar surface area (TPSA) is 110 Å². The van der Waals surface area contributed by atoms with E-state index in [2.05, 4.69) is 15.6 Å². The third kappa shape index (κ3) is 4.94. The van der Waals surface area contributed by atoms with Gasteiger partial charge in [0.05, 0.1) is 13.1 Å². The second kappa shape index (κ2) is 7.43. The van der Waals surface area contributed by atoms with Gasteiger partial charge in [-0.2, -0.15) is 0 Å². The monoisotopic (exact) mass is 340 g/mol. The van der Waals surface area contributed by atoms with Gasteiger partial charge >= 0.3 is 0 Å². The average molecular weight is 341 g/mol. The highest BCUT2D eigenvalue weighted by atomic mass is 35.5. The van der Waals surface area contributed by atoms with E-state index in [1.54, 1.807) is 18.2 Å². The van der Waals surface area contributed by atoms with E-state index in [9.17, 15) is 9.59 Å². The average Bonchev–Trinajstić information content (AvgIpc) is 2.88. The van der Waals surface area contributed by atoms with Gasteiger partial charge in [-0.1, -0.05) is 20.8 Å². The molecule has 0 aliphatic heterocycles. The van der Waals surface area contributed by atoms with Gasteiger partial charge in [0.15, 0.2) is 5.58 Å².